The van der Waals surface area contributed by atoms with Crippen LogP contribution >= 0.6 is 0 Å². The quantitative estimate of drug-likeness (QED) is 0.851. The van der Waals surface area contributed by atoms with Crippen LogP contribution in [0.5, 0.6) is 5.75 Å². The molecule has 0 aliphatic rings. The van der Waals surface area contributed by atoms with Gasteiger partial charge in [0.1, 0.15) is 5.75 Å². The first-order valence-corrected chi connectivity index (χ1v) is 8.51. The first kappa shape index (κ1) is 19.5. The first-order chi connectivity index (χ1) is 12.1. The molecule has 0 aromatic heterocycles. The Hall–Kier alpha value is -2.82. The molecule has 0 saturated heterocycles. The van der Waals surface area contributed by atoms with Gasteiger partial charge in [-0.3, -0.25) is 15.0 Å². The third kappa shape index (κ3) is 4.23. The minimum atomic E-state index is -0.594. The number of ether oxygens (including phenoxy) is 1. The predicted octanol–water partition coefficient (Wildman–Crippen LogP) is 3.90. The van der Waals surface area contributed by atoms with Crippen LogP contribution in [0.1, 0.15) is 52.6 Å². The summed E-state index contributed by atoms with van der Waals surface area (Å²) in [6, 6.07) is 12.6. The van der Waals surface area contributed by atoms with Gasteiger partial charge in [-0.05, 0) is 58.9 Å². The zero-order valence-electron chi connectivity index (χ0n) is 16.2. The lowest BCUT2D eigenvalue weighted by atomic mass is 10.0. The maximum atomic E-state index is 13.0. The molecule has 2 amide bonds. The van der Waals surface area contributed by atoms with Crippen LogP contribution in [0, 0.1) is 13.8 Å². The van der Waals surface area contributed by atoms with Gasteiger partial charge in [0.2, 0.25) is 0 Å². The van der Waals surface area contributed by atoms with Gasteiger partial charge in [-0.25, -0.2) is 5.01 Å². The Kier molecular flexibility index (Phi) is 5.70. The molecule has 0 fully saturated rings. The van der Waals surface area contributed by atoms with Gasteiger partial charge in [-0.15, -0.1) is 0 Å². The van der Waals surface area contributed by atoms with Crippen LogP contribution in [0.3, 0.4) is 0 Å². The van der Waals surface area contributed by atoms with Crippen LogP contribution in [-0.2, 0) is 0 Å². The van der Waals surface area contributed by atoms with Gasteiger partial charge in [-0.2, -0.15) is 0 Å². The maximum absolute atomic E-state index is 13.0. The van der Waals surface area contributed by atoms with Crippen molar-refractivity contribution in [1.29, 1.82) is 0 Å². The van der Waals surface area contributed by atoms with Crippen LogP contribution < -0.4 is 10.2 Å². The molecule has 0 aliphatic heterocycles. The fraction of sp³-hybridized carbons (Fsp3) is 0.333. The Morgan fingerprint density at radius 3 is 2.27 bits per heavy atom. The average molecular weight is 354 g/mol. The number of methoxy groups -OCH3 is 1. The second-order valence-corrected chi connectivity index (χ2v) is 7.25. The number of hydrogen-bond acceptors (Lipinski definition) is 3. The molecule has 2 aromatic carbocycles. The van der Waals surface area contributed by atoms with Crippen molar-refractivity contribution in [2.24, 2.45) is 0 Å². The van der Waals surface area contributed by atoms with E-state index in [1.807, 2.05) is 52.8 Å². The molecule has 0 atom stereocenters. The van der Waals surface area contributed by atoms with E-state index in [0.717, 1.165) is 11.1 Å². The van der Waals surface area contributed by atoms with E-state index in [2.05, 4.69) is 5.43 Å². The summed E-state index contributed by atoms with van der Waals surface area (Å²) >= 11 is 0. The fourth-order valence-corrected chi connectivity index (χ4v) is 2.67. The van der Waals surface area contributed by atoms with Crippen molar-refractivity contribution in [2.75, 3.05) is 7.11 Å². The summed E-state index contributed by atoms with van der Waals surface area (Å²) in [6.07, 6.45) is 0. The summed E-state index contributed by atoms with van der Waals surface area (Å²) in [7, 11) is 1.56. The smallest absolute Gasteiger partial charge is 0.272 e. The lowest BCUT2D eigenvalue weighted by Crippen LogP contribution is -2.56. The van der Waals surface area contributed by atoms with E-state index in [9.17, 15) is 9.59 Å². The SMILES string of the molecule is COc1cccc(C(=O)NN(C(=O)c2cccc(C)c2)C(C)(C)C)c1C. The number of nitrogens with one attached hydrogen (secondary N) is 1. The van der Waals surface area contributed by atoms with Gasteiger partial charge >= 0.3 is 0 Å². The highest BCUT2D eigenvalue weighted by atomic mass is 16.5. The number of benzene rings is 2. The van der Waals surface area contributed by atoms with Crippen molar-refractivity contribution in [3.63, 3.8) is 0 Å². The summed E-state index contributed by atoms with van der Waals surface area (Å²) in [4.78, 5) is 25.8. The van der Waals surface area contributed by atoms with E-state index in [0.29, 0.717) is 16.9 Å². The molecule has 0 spiro atoms. The topological polar surface area (TPSA) is 58.6 Å². The van der Waals surface area contributed by atoms with E-state index in [1.165, 1.54) is 5.01 Å². The molecule has 0 unspecified atom stereocenters. The minimum absolute atomic E-state index is 0.255. The molecular weight excluding hydrogens is 328 g/mol. The van der Waals surface area contributed by atoms with Gasteiger partial charge in [0, 0.05) is 16.7 Å². The molecule has 0 bridgehead atoms. The molecule has 1 N–H and O–H groups in total. The van der Waals surface area contributed by atoms with E-state index in [4.69, 9.17) is 4.74 Å². The van der Waals surface area contributed by atoms with Crippen molar-refractivity contribution in [3.8, 4) is 5.75 Å². The molecule has 2 rings (SSSR count). The zero-order chi connectivity index (χ0) is 19.5. The molecule has 138 valence electrons. The molecule has 5 nitrogen and oxygen atoms in total. The number of carbonyl (C=O) groups excluding carboxylic acids is 2. The van der Waals surface area contributed by atoms with Crippen molar-refractivity contribution < 1.29 is 14.3 Å². The van der Waals surface area contributed by atoms with Crippen LogP contribution in [0.4, 0.5) is 0 Å². The monoisotopic (exact) mass is 354 g/mol. The van der Waals surface area contributed by atoms with Gasteiger partial charge in [0.25, 0.3) is 11.8 Å². The molecule has 0 radical (unpaired) electrons. The first-order valence-electron chi connectivity index (χ1n) is 8.51. The van der Waals surface area contributed by atoms with Crippen molar-refractivity contribution >= 4 is 11.8 Å². The number of amides is 2. The molecule has 0 saturated carbocycles. The van der Waals surface area contributed by atoms with Gasteiger partial charge in [-0.1, -0.05) is 23.8 Å². The molecular formula is C21H26N2O3. The van der Waals surface area contributed by atoms with E-state index >= 15 is 0 Å². The van der Waals surface area contributed by atoms with Crippen molar-refractivity contribution in [2.45, 2.75) is 40.2 Å². The number of aryl methyl sites for hydroxylation is 1. The highest BCUT2D eigenvalue weighted by molar-refractivity contribution is 6.00. The lowest BCUT2D eigenvalue weighted by Gasteiger charge is -2.35. The Balaban J connectivity index is 2.35. The van der Waals surface area contributed by atoms with E-state index < -0.39 is 5.54 Å². The van der Waals surface area contributed by atoms with Crippen molar-refractivity contribution in [3.05, 3.63) is 64.7 Å². The third-order valence-corrected chi connectivity index (χ3v) is 4.10. The van der Waals surface area contributed by atoms with Gasteiger partial charge in [0.05, 0.1) is 12.6 Å². The van der Waals surface area contributed by atoms with Crippen LogP contribution in [-0.4, -0.2) is 29.5 Å². The highest BCUT2D eigenvalue weighted by Crippen LogP contribution is 2.22. The molecule has 5 heteroatoms. The lowest BCUT2D eigenvalue weighted by molar-refractivity contribution is 0.0358. The van der Waals surface area contributed by atoms with Crippen molar-refractivity contribution in [1.82, 2.24) is 10.4 Å². The standard InChI is InChI=1S/C21H26N2O3/c1-14-9-7-10-16(13-14)20(25)23(21(3,4)5)22-19(24)17-11-8-12-18(26-6)15(17)2/h7-13H,1-6H3,(H,22,24). The predicted molar refractivity (Wildman–Crippen MR) is 102 cm³/mol. The number of hydrazine groups is 1. The summed E-state index contributed by atoms with van der Waals surface area (Å²) in [5.41, 5.74) is 4.89. The maximum Gasteiger partial charge on any atom is 0.272 e. The molecule has 0 aliphatic carbocycles. The van der Waals surface area contributed by atoms with Crippen LogP contribution in [0.25, 0.3) is 0 Å². The number of nitrogens with zero attached hydrogens (tertiary/aromatic N) is 1. The van der Waals surface area contributed by atoms with Crippen LogP contribution in [0.15, 0.2) is 42.5 Å². The van der Waals surface area contributed by atoms with E-state index in [-0.39, 0.29) is 11.8 Å². The Bertz CT molecular complexity index is 822. The second-order valence-electron chi connectivity index (χ2n) is 7.25. The molecule has 0 heterocycles. The number of hydrogen-bond donors (Lipinski definition) is 1. The summed E-state index contributed by atoms with van der Waals surface area (Å²) in [6.45, 7) is 9.37. The number of rotatable bonds is 3. The largest absolute Gasteiger partial charge is 0.496 e. The summed E-state index contributed by atoms with van der Waals surface area (Å²) in [5, 5.41) is 1.38. The second kappa shape index (κ2) is 7.60. The molecule has 26 heavy (non-hydrogen) atoms. The zero-order valence-corrected chi connectivity index (χ0v) is 16.2. The van der Waals surface area contributed by atoms with Gasteiger partial charge in [0.15, 0.2) is 0 Å². The Morgan fingerprint density at radius 2 is 1.69 bits per heavy atom. The minimum Gasteiger partial charge on any atom is -0.496 e. The average Bonchev–Trinajstić information content (AvgIpc) is 2.58. The summed E-state index contributed by atoms with van der Waals surface area (Å²) < 4.78 is 5.28. The highest BCUT2D eigenvalue weighted by Gasteiger charge is 2.30. The Labute approximate surface area is 154 Å². The van der Waals surface area contributed by atoms with Crippen LogP contribution in [0.2, 0.25) is 0 Å². The Morgan fingerprint density at radius 1 is 1.04 bits per heavy atom. The van der Waals surface area contributed by atoms with E-state index in [1.54, 1.807) is 31.4 Å². The van der Waals surface area contributed by atoms with Gasteiger partial charge < -0.3 is 4.74 Å². The fourth-order valence-electron chi connectivity index (χ4n) is 2.67. The summed E-state index contributed by atoms with van der Waals surface area (Å²) in [5.74, 6) is 0.0254. The third-order valence-electron chi connectivity index (χ3n) is 4.10. The number of carbonyl (C=O) groups is 2. The molecule has 2 aromatic rings. The normalized spacial score (nSPS) is 11.0.